The van der Waals surface area contributed by atoms with Crippen molar-refractivity contribution in [1.82, 2.24) is 14.9 Å². The highest BCUT2D eigenvalue weighted by atomic mass is 16.6. The van der Waals surface area contributed by atoms with Gasteiger partial charge in [0.1, 0.15) is 12.4 Å². The van der Waals surface area contributed by atoms with E-state index in [2.05, 4.69) is 11.9 Å². The Bertz CT molecular complexity index is 699. The Morgan fingerprint density at radius 3 is 2.53 bits per heavy atom. The smallest absolute Gasteiger partial charge is 0.410 e. The van der Waals surface area contributed by atoms with Crippen molar-refractivity contribution in [3.8, 4) is 5.75 Å². The number of hydrogen-bond acceptors (Lipinski definition) is 7. The number of amides is 1. The fourth-order valence-electron chi connectivity index (χ4n) is 3.53. The molecule has 1 aromatic heterocycles. The van der Waals surface area contributed by atoms with Crippen LogP contribution in [0.2, 0.25) is 0 Å². The van der Waals surface area contributed by atoms with Crippen LogP contribution in [-0.2, 0) is 4.74 Å². The molecule has 8 nitrogen and oxygen atoms in total. The largest absolute Gasteiger partial charge is 0.489 e. The Kier molecular flexibility index (Phi) is 9.23. The summed E-state index contributed by atoms with van der Waals surface area (Å²) in [4.78, 5) is 18.3. The Balaban J connectivity index is 2.03. The van der Waals surface area contributed by atoms with Gasteiger partial charge in [-0.3, -0.25) is 4.98 Å². The number of nitrogens with zero attached hydrogens (tertiary/aromatic N) is 3. The maximum absolute atomic E-state index is 12.3. The predicted octanol–water partition coefficient (Wildman–Crippen LogP) is 3.48. The minimum Gasteiger partial charge on any atom is -0.489 e. The molecular weight excluding hydrogens is 382 g/mol. The second kappa shape index (κ2) is 11.6. The van der Waals surface area contributed by atoms with Crippen LogP contribution in [0.25, 0.3) is 5.70 Å². The van der Waals surface area contributed by atoms with E-state index in [0.717, 1.165) is 31.4 Å². The van der Waals surface area contributed by atoms with Gasteiger partial charge in [0.25, 0.3) is 0 Å². The monoisotopic (exact) mass is 419 g/mol. The first-order chi connectivity index (χ1) is 14.3. The molecule has 1 aromatic rings. The molecule has 1 heterocycles. The molecule has 1 unspecified atom stereocenters. The predicted molar refractivity (Wildman–Crippen MR) is 118 cm³/mol. The van der Waals surface area contributed by atoms with Gasteiger partial charge < -0.3 is 25.1 Å². The van der Waals surface area contributed by atoms with Gasteiger partial charge in [-0.1, -0.05) is 19.8 Å². The quantitative estimate of drug-likeness (QED) is 0.466. The zero-order chi connectivity index (χ0) is 22.1. The lowest BCUT2D eigenvalue weighted by atomic mass is 9.98. The van der Waals surface area contributed by atoms with Crippen LogP contribution in [0.4, 0.5) is 4.79 Å². The summed E-state index contributed by atoms with van der Waals surface area (Å²) >= 11 is 0. The highest BCUT2D eigenvalue weighted by Crippen LogP contribution is 2.24. The number of aromatic nitrogens is 1. The molecule has 0 saturated heterocycles. The molecule has 1 fully saturated rings. The van der Waals surface area contributed by atoms with Gasteiger partial charge >= 0.3 is 6.09 Å². The highest BCUT2D eigenvalue weighted by Gasteiger charge is 2.19. The van der Waals surface area contributed by atoms with Gasteiger partial charge in [-0.2, -0.15) is 0 Å². The van der Waals surface area contributed by atoms with Gasteiger partial charge in [-0.25, -0.2) is 10.6 Å². The van der Waals surface area contributed by atoms with Gasteiger partial charge in [0, 0.05) is 20.1 Å². The van der Waals surface area contributed by atoms with Crippen molar-refractivity contribution in [3.63, 3.8) is 0 Å². The van der Waals surface area contributed by atoms with Crippen LogP contribution in [0.3, 0.4) is 0 Å². The number of nitrogens with two attached hydrogens (primary N) is 2. The summed E-state index contributed by atoms with van der Waals surface area (Å²) in [5.41, 5.74) is 7.69. The molecule has 0 aromatic carbocycles. The van der Waals surface area contributed by atoms with Gasteiger partial charge in [-0.05, 0) is 51.2 Å². The standard InChI is InChI=1S/C22H37N5O3/c1-5-9-16(2)26(3)22(28)29-15-20(27(4)24)21(23)19-13-12-18(14-25-19)30-17-10-7-6-8-11-17/h12-14,16-17H,5-11,15,23-24H2,1-4H3/b21-20-. The molecule has 1 saturated carbocycles. The fraction of sp³-hybridized carbons (Fsp3) is 0.636. The average Bonchev–Trinajstić information content (AvgIpc) is 2.74. The fourth-order valence-corrected chi connectivity index (χ4v) is 3.53. The summed E-state index contributed by atoms with van der Waals surface area (Å²) in [5, 5.41) is 1.35. The minimum atomic E-state index is -0.410. The van der Waals surface area contributed by atoms with Crippen LogP contribution >= 0.6 is 0 Å². The number of hydrogen-bond donors (Lipinski definition) is 2. The number of pyridine rings is 1. The van der Waals surface area contributed by atoms with Crippen molar-refractivity contribution in [2.45, 2.75) is 70.9 Å². The minimum absolute atomic E-state index is 0.0388. The molecule has 4 N–H and O–H groups in total. The summed E-state index contributed by atoms with van der Waals surface area (Å²) in [6.07, 6.45) is 9.31. The number of carbonyl (C=O) groups excluding carboxylic acids is 1. The second-order valence-corrected chi connectivity index (χ2v) is 8.03. The molecule has 168 valence electrons. The van der Waals surface area contributed by atoms with Crippen molar-refractivity contribution in [1.29, 1.82) is 0 Å². The summed E-state index contributed by atoms with van der Waals surface area (Å²) < 4.78 is 11.5. The lowest BCUT2D eigenvalue weighted by Crippen LogP contribution is -2.37. The third-order valence-corrected chi connectivity index (χ3v) is 5.59. The van der Waals surface area contributed by atoms with Crippen LogP contribution in [0.5, 0.6) is 5.75 Å². The first-order valence-electron chi connectivity index (χ1n) is 10.8. The van der Waals surface area contributed by atoms with Gasteiger partial charge in [0.05, 0.1) is 29.4 Å². The number of hydrazine groups is 1. The molecular formula is C22H37N5O3. The van der Waals surface area contributed by atoms with Crippen LogP contribution in [0.1, 0.15) is 64.5 Å². The molecule has 30 heavy (non-hydrogen) atoms. The molecule has 0 spiro atoms. The molecule has 0 radical (unpaired) electrons. The third kappa shape index (κ3) is 6.79. The lowest BCUT2D eigenvalue weighted by molar-refractivity contribution is 0.100. The Labute approximate surface area is 180 Å². The zero-order valence-electron chi connectivity index (χ0n) is 18.8. The van der Waals surface area contributed by atoms with Crippen molar-refractivity contribution in [3.05, 3.63) is 29.7 Å². The molecule has 1 aliphatic carbocycles. The highest BCUT2D eigenvalue weighted by molar-refractivity contribution is 5.69. The van der Waals surface area contributed by atoms with Gasteiger partial charge in [0.15, 0.2) is 0 Å². The number of ether oxygens (including phenoxy) is 2. The van der Waals surface area contributed by atoms with Crippen LogP contribution in [-0.4, -0.2) is 53.8 Å². The van der Waals surface area contributed by atoms with E-state index in [1.807, 2.05) is 13.0 Å². The van der Waals surface area contributed by atoms with Crippen molar-refractivity contribution >= 4 is 11.8 Å². The van der Waals surface area contributed by atoms with Crippen molar-refractivity contribution in [2.75, 3.05) is 20.7 Å². The molecule has 0 aliphatic heterocycles. The number of likely N-dealkylation sites (N-methyl/N-ethyl adjacent to an activating group) is 1. The molecule has 1 atom stereocenters. The van der Waals surface area contributed by atoms with Crippen molar-refractivity contribution < 1.29 is 14.3 Å². The van der Waals surface area contributed by atoms with Crippen LogP contribution < -0.4 is 16.3 Å². The van der Waals surface area contributed by atoms with Crippen molar-refractivity contribution in [2.24, 2.45) is 11.6 Å². The summed E-state index contributed by atoms with van der Waals surface area (Å²) in [6, 6.07) is 3.76. The first kappa shape index (κ1) is 23.8. The molecule has 1 aliphatic rings. The summed E-state index contributed by atoms with van der Waals surface area (Å²) in [5.74, 6) is 6.67. The van der Waals surface area contributed by atoms with E-state index in [-0.39, 0.29) is 18.8 Å². The average molecular weight is 420 g/mol. The molecule has 2 rings (SSSR count). The van der Waals surface area contributed by atoms with E-state index in [0.29, 0.717) is 17.1 Å². The van der Waals surface area contributed by atoms with E-state index < -0.39 is 6.09 Å². The van der Waals surface area contributed by atoms with E-state index in [1.165, 1.54) is 24.3 Å². The first-order valence-corrected chi connectivity index (χ1v) is 10.8. The third-order valence-electron chi connectivity index (χ3n) is 5.59. The lowest BCUT2D eigenvalue weighted by Gasteiger charge is -2.25. The molecule has 1 amide bonds. The number of rotatable bonds is 9. The van der Waals surface area contributed by atoms with Crippen LogP contribution in [0, 0.1) is 0 Å². The maximum Gasteiger partial charge on any atom is 0.410 e. The van der Waals surface area contributed by atoms with E-state index in [9.17, 15) is 4.79 Å². The Morgan fingerprint density at radius 1 is 1.27 bits per heavy atom. The number of carbonyl (C=O) groups is 1. The second-order valence-electron chi connectivity index (χ2n) is 8.03. The summed E-state index contributed by atoms with van der Waals surface area (Å²) in [7, 11) is 3.38. The summed E-state index contributed by atoms with van der Waals surface area (Å²) in [6.45, 7) is 4.04. The molecule has 0 bridgehead atoms. The Morgan fingerprint density at radius 2 is 1.97 bits per heavy atom. The molecule has 8 heteroatoms. The van der Waals surface area contributed by atoms with E-state index >= 15 is 0 Å². The Hall–Kier alpha value is -2.48. The topological polar surface area (TPSA) is 107 Å². The van der Waals surface area contributed by atoms with Crippen LogP contribution in [0.15, 0.2) is 24.0 Å². The SMILES string of the molecule is CCCC(C)N(C)C(=O)OC/C(=C(/N)c1ccc(OC2CCCCC2)cn1)N(C)N. The maximum atomic E-state index is 12.3. The van der Waals surface area contributed by atoms with E-state index in [4.69, 9.17) is 21.1 Å². The van der Waals surface area contributed by atoms with Gasteiger partial charge in [0.2, 0.25) is 0 Å². The normalized spacial score (nSPS) is 16.4. The van der Waals surface area contributed by atoms with Gasteiger partial charge in [-0.15, -0.1) is 0 Å². The zero-order valence-corrected chi connectivity index (χ0v) is 18.8. The van der Waals surface area contributed by atoms with E-state index in [1.54, 1.807) is 31.3 Å².